The summed E-state index contributed by atoms with van der Waals surface area (Å²) in [5.41, 5.74) is 0. The van der Waals surface area contributed by atoms with Crippen molar-refractivity contribution in [2.24, 2.45) is 0 Å². The quantitative estimate of drug-likeness (QED) is 0.935. The van der Waals surface area contributed by atoms with Crippen molar-refractivity contribution >= 4 is 22.9 Å². The summed E-state index contributed by atoms with van der Waals surface area (Å²) >= 11 is 6.73. The maximum Gasteiger partial charge on any atom is 0.280 e. The maximum atomic E-state index is 12.9. The zero-order valence-corrected chi connectivity index (χ0v) is 9.86. The minimum absolute atomic E-state index is 0.110. The van der Waals surface area contributed by atoms with Crippen LogP contribution in [-0.4, -0.2) is 10.1 Å². The van der Waals surface area contributed by atoms with Crippen molar-refractivity contribution in [1.82, 2.24) is 4.98 Å². The van der Waals surface area contributed by atoms with E-state index in [0.29, 0.717) is 4.88 Å². The third-order valence-corrected chi connectivity index (χ3v) is 3.21. The lowest BCUT2D eigenvalue weighted by atomic mass is 10.3. The fourth-order valence-electron chi connectivity index (χ4n) is 1.10. The van der Waals surface area contributed by atoms with Crippen LogP contribution in [0.1, 0.15) is 4.88 Å². The van der Waals surface area contributed by atoms with Crippen LogP contribution >= 0.6 is 22.9 Å². The Balaban J connectivity index is 2.22. The largest absolute Gasteiger partial charge is 0.431 e. The summed E-state index contributed by atoms with van der Waals surface area (Å²) in [7, 11) is 0. The molecule has 3 nitrogen and oxygen atoms in total. The molecule has 0 atom stereocenters. The van der Waals surface area contributed by atoms with E-state index in [0.717, 1.165) is 23.5 Å². The highest BCUT2D eigenvalue weighted by Gasteiger charge is 2.11. The van der Waals surface area contributed by atoms with Gasteiger partial charge in [0.15, 0.2) is 11.6 Å². The van der Waals surface area contributed by atoms with Gasteiger partial charge >= 0.3 is 0 Å². The van der Waals surface area contributed by atoms with Gasteiger partial charge in [0.2, 0.25) is 0 Å². The molecule has 0 aliphatic rings. The van der Waals surface area contributed by atoms with Gasteiger partial charge in [0.25, 0.3) is 5.19 Å². The van der Waals surface area contributed by atoms with E-state index in [1.807, 2.05) is 0 Å². The second-order valence-corrected chi connectivity index (χ2v) is 4.43. The second-order valence-electron chi connectivity index (χ2n) is 3.03. The standard InChI is InChI=1S/C10H6ClF2NO2S/c11-9-8(4-15)17-10(14-9)16-5-1-2-6(12)7(13)3-5/h1-3,15H,4H2. The third kappa shape index (κ3) is 2.71. The number of halogens is 3. The van der Waals surface area contributed by atoms with Crippen LogP contribution in [0, 0.1) is 11.6 Å². The molecule has 90 valence electrons. The van der Waals surface area contributed by atoms with Crippen molar-refractivity contribution < 1.29 is 18.6 Å². The number of benzene rings is 1. The monoisotopic (exact) mass is 277 g/mol. The van der Waals surface area contributed by atoms with Gasteiger partial charge in [-0.25, -0.2) is 8.78 Å². The van der Waals surface area contributed by atoms with Gasteiger partial charge in [-0.15, -0.1) is 0 Å². The van der Waals surface area contributed by atoms with Crippen LogP contribution < -0.4 is 4.74 Å². The molecular formula is C10H6ClF2NO2S. The number of rotatable bonds is 3. The lowest BCUT2D eigenvalue weighted by Crippen LogP contribution is -1.87. The van der Waals surface area contributed by atoms with E-state index >= 15 is 0 Å². The van der Waals surface area contributed by atoms with Crippen LogP contribution in [0.15, 0.2) is 18.2 Å². The molecule has 1 heterocycles. The molecule has 7 heteroatoms. The third-order valence-electron chi connectivity index (χ3n) is 1.87. The zero-order valence-electron chi connectivity index (χ0n) is 8.28. The number of hydrogen-bond acceptors (Lipinski definition) is 4. The summed E-state index contributed by atoms with van der Waals surface area (Å²) in [6, 6.07) is 3.13. The molecule has 0 bridgehead atoms. The highest BCUT2D eigenvalue weighted by atomic mass is 35.5. The zero-order chi connectivity index (χ0) is 12.4. The summed E-state index contributed by atoms with van der Waals surface area (Å²) in [6.07, 6.45) is 0. The summed E-state index contributed by atoms with van der Waals surface area (Å²) < 4.78 is 30.7. The van der Waals surface area contributed by atoms with Crippen molar-refractivity contribution in [3.05, 3.63) is 39.9 Å². The van der Waals surface area contributed by atoms with E-state index < -0.39 is 11.6 Å². The summed E-state index contributed by atoms with van der Waals surface area (Å²) in [4.78, 5) is 4.26. The molecule has 0 unspecified atom stereocenters. The fraction of sp³-hybridized carbons (Fsp3) is 0.100. The molecule has 0 amide bonds. The number of thiazole rings is 1. The minimum Gasteiger partial charge on any atom is -0.431 e. The Labute approximate surface area is 104 Å². The predicted molar refractivity (Wildman–Crippen MR) is 59.5 cm³/mol. The van der Waals surface area contributed by atoms with Gasteiger partial charge in [-0.05, 0) is 12.1 Å². The first-order chi connectivity index (χ1) is 8.10. The number of aromatic nitrogens is 1. The molecule has 1 N–H and O–H groups in total. The molecule has 0 aliphatic carbocycles. The van der Waals surface area contributed by atoms with Gasteiger partial charge in [-0.2, -0.15) is 4.98 Å². The van der Waals surface area contributed by atoms with Crippen LogP contribution in [-0.2, 0) is 6.61 Å². The van der Waals surface area contributed by atoms with Gasteiger partial charge in [0, 0.05) is 6.07 Å². The average molecular weight is 278 g/mol. The van der Waals surface area contributed by atoms with Crippen LogP contribution in [0.25, 0.3) is 0 Å². The van der Waals surface area contributed by atoms with E-state index in [4.69, 9.17) is 21.4 Å². The number of ether oxygens (including phenoxy) is 1. The lowest BCUT2D eigenvalue weighted by Gasteiger charge is -2.01. The molecule has 0 spiro atoms. The molecule has 0 aliphatic heterocycles. The van der Waals surface area contributed by atoms with Gasteiger partial charge in [0.1, 0.15) is 10.9 Å². The predicted octanol–water partition coefficient (Wildman–Crippen LogP) is 3.36. The van der Waals surface area contributed by atoms with E-state index in [2.05, 4.69) is 4.98 Å². The van der Waals surface area contributed by atoms with Gasteiger partial charge in [-0.1, -0.05) is 22.9 Å². The number of nitrogens with zero attached hydrogens (tertiary/aromatic N) is 1. The van der Waals surface area contributed by atoms with Gasteiger partial charge in [-0.3, -0.25) is 0 Å². The van der Waals surface area contributed by atoms with Crippen molar-refractivity contribution in [1.29, 1.82) is 0 Å². The molecule has 17 heavy (non-hydrogen) atoms. The van der Waals surface area contributed by atoms with Crippen molar-refractivity contribution in [2.75, 3.05) is 0 Å². The first kappa shape index (κ1) is 12.2. The van der Waals surface area contributed by atoms with Gasteiger partial charge < -0.3 is 9.84 Å². The first-order valence-electron chi connectivity index (χ1n) is 4.49. The SMILES string of the molecule is OCc1sc(Oc2ccc(F)c(F)c2)nc1Cl. The Morgan fingerprint density at radius 2 is 2.12 bits per heavy atom. The van der Waals surface area contributed by atoms with Crippen molar-refractivity contribution in [3.8, 4) is 10.9 Å². The average Bonchev–Trinajstić information content (AvgIpc) is 2.64. The van der Waals surface area contributed by atoms with E-state index in [9.17, 15) is 8.78 Å². The molecule has 2 rings (SSSR count). The highest BCUT2D eigenvalue weighted by molar-refractivity contribution is 7.13. The topological polar surface area (TPSA) is 42.4 Å². The summed E-state index contributed by atoms with van der Waals surface area (Å²) in [5, 5.41) is 9.19. The Hall–Kier alpha value is -1.24. The van der Waals surface area contributed by atoms with Crippen LogP contribution in [0.3, 0.4) is 0 Å². The second kappa shape index (κ2) is 4.95. The Morgan fingerprint density at radius 3 is 2.71 bits per heavy atom. The molecule has 0 saturated carbocycles. The van der Waals surface area contributed by atoms with Crippen molar-refractivity contribution in [3.63, 3.8) is 0 Å². The molecule has 0 radical (unpaired) electrons. The molecular weight excluding hydrogens is 272 g/mol. The fourth-order valence-corrected chi connectivity index (χ4v) is 2.08. The van der Waals surface area contributed by atoms with Gasteiger partial charge in [0.05, 0.1) is 11.5 Å². The first-order valence-corrected chi connectivity index (χ1v) is 5.68. The number of hydrogen-bond donors (Lipinski definition) is 1. The summed E-state index contributed by atoms with van der Waals surface area (Å²) in [5.74, 6) is -1.85. The van der Waals surface area contributed by atoms with Crippen LogP contribution in [0.4, 0.5) is 8.78 Å². The number of aliphatic hydroxyl groups is 1. The van der Waals surface area contributed by atoms with E-state index in [-0.39, 0.29) is 22.7 Å². The highest BCUT2D eigenvalue weighted by Crippen LogP contribution is 2.32. The normalized spacial score (nSPS) is 10.6. The smallest absolute Gasteiger partial charge is 0.280 e. The molecule has 0 fully saturated rings. The molecule has 0 saturated heterocycles. The Morgan fingerprint density at radius 1 is 1.35 bits per heavy atom. The van der Waals surface area contributed by atoms with Crippen LogP contribution in [0.5, 0.6) is 10.9 Å². The lowest BCUT2D eigenvalue weighted by molar-refractivity contribution is 0.285. The Bertz CT molecular complexity index is 547. The Kier molecular flexibility index (Phi) is 3.56. The van der Waals surface area contributed by atoms with E-state index in [1.165, 1.54) is 6.07 Å². The molecule has 1 aromatic carbocycles. The minimum atomic E-state index is -1.01. The maximum absolute atomic E-state index is 12.9. The van der Waals surface area contributed by atoms with E-state index in [1.54, 1.807) is 0 Å². The summed E-state index contributed by atoms with van der Waals surface area (Å²) in [6.45, 7) is -0.252. The number of aliphatic hydroxyl groups excluding tert-OH is 1. The van der Waals surface area contributed by atoms with Crippen LogP contribution in [0.2, 0.25) is 5.15 Å². The van der Waals surface area contributed by atoms with Crippen molar-refractivity contribution in [2.45, 2.75) is 6.61 Å². The molecule has 1 aromatic heterocycles. The molecule has 2 aromatic rings.